The third kappa shape index (κ3) is 2.48. The summed E-state index contributed by atoms with van der Waals surface area (Å²) >= 11 is 0. The first-order valence-corrected chi connectivity index (χ1v) is 15.7. The second kappa shape index (κ2) is 7.71. The molecule has 212 valence electrons. The summed E-state index contributed by atoms with van der Waals surface area (Å²) in [6.45, 7) is 0. The van der Waals surface area contributed by atoms with Gasteiger partial charge in [-0.05, 0) is 58.7 Å². The molecule has 0 saturated carbocycles. The second-order valence-corrected chi connectivity index (χ2v) is 12.6. The monoisotopic (exact) mass is 589 g/mol. The van der Waals surface area contributed by atoms with Crippen molar-refractivity contribution in [3.05, 3.63) is 151 Å². The molecule has 4 aliphatic rings. The zero-order chi connectivity index (χ0) is 29.7. The third-order valence-electron chi connectivity index (χ3n) is 10.4. The summed E-state index contributed by atoms with van der Waals surface area (Å²) in [5, 5.41) is 2.45. The van der Waals surface area contributed by atoms with Crippen LogP contribution in [0.5, 0.6) is 23.1 Å². The Hall–Kier alpha value is -6.20. The SMILES string of the molecule is c1ccc(-c2cc3[n+]4c(c2)-c2cc(-c5ccccc5)cc5[n+]2C42c4c(cccc4O3)Oc3ccc4c6ccccc6n-5c4c32)cc1. The lowest BCUT2D eigenvalue weighted by atomic mass is 9.83. The number of pyridine rings is 2. The number of para-hydroxylation sites is 1. The quantitative estimate of drug-likeness (QED) is 0.189. The highest BCUT2D eigenvalue weighted by molar-refractivity contribution is 6.11. The number of hydrogen-bond donors (Lipinski definition) is 0. The van der Waals surface area contributed by atoms with Gasteiger partial charge in [-0.2, -0.15) is 4.57 Å². The molecule has 0 bridgehead atoms. The fourth-order valence-corrected chi connectivity index (χ4v) is 8.66. The molecule has 1 spiro atoms. The van der Waals surface area contributed by atoms with E-state index in [-0.39, 0.29) is 0 Å². The maximum atomic E-state index is 6.88. The van der Waals surface area contributed by atoms with E-state index in [4.69, 9.17) is 9.47 Å². The Morgan fingerprint density at radius 1 is 0.478 bits per heavy atom. The average Bonchev–Trinajstić information content (AvgIpc) is 3.61. The van der Waals surface area contributed by atoms with Crippen molar-refractivity contribution in [1.82, 2.24) is 4.57 Å². The van der Waals surface area contributed by atoms with Crippen LogP contribution >= 0.6 is 0 Å². The van der Waals surface area contributed by atoms with Crippen molar-refractivity contribution in [2.75, 3.05) is 0 Å². The van der Waals surface area contributed by atoms with E-state index in [1.54, 1.807) is 0 Å². The van der Waals surface area contributed by atoms with Gasteiger partial charge in [0.15, 0.2) is 22.4 Å². The highest BCUT2D eigenvalue weighted by Crippen LogP contribution is 2.59. The summed E-state index contributed by atoms with van der Waals surface area (Å²) in [5.41, 5.74) is 10.7. The molecule has 1 unspecified atom stereocenters. The van der Waals surface area contributed by atoms with E-state index in [0.29, 0.717) is 0 Å². The summed E-state index contributed by atoms with van der Waals surface area (Å²) in [7, 11) is 0. The predicted molar refractivity (Wildman–Crippen MR) is 176 cm³/mol. The molecule has 0 saturated heterocycles. The molecule has 0 N–H and O–H groups in total. The van der Waals surface area contributed by atoms with Gasteiger partial charge in [0.2, 0.25) is 5.69 Å². The molecule has 1 atom stereocenters. The van der Waals surface area contributed by atoms with E-state index in [1.807, 2.05) is 6.07 Å². The number of aromatic nitrogens is 3. The fourth-order valence-electron chi connectivity index (χ4n) is 8.66. The number of rotatable bonds is 2. The summed E-state index contributed by atoms with van der Waals surface area (Å²) in [6, 6.07) is 49.9. The van der Waals surface area contributed by atoms with E-state index in [1.165, 1.54) is 32.9 Å². The Morgan fingerprint density at radius 3 is 1.91 bits per heavy atom. The lowest BCUT2D eigenvalue weighted by Gasteiger charge is -2.37. The van der Waals surface area contributed by atoms with Crippen LogP contribution in [-0.4, -0.2) is 4.57 Å². The van der Waals surface area contributed by atoms with Crippen LogP contribution in [0.2, 0.25) is 0 Å². The molecule has 0 aliphatic carbocycles. The predicted octanol–water partition coefficient (Wildman–Crippen LogP) is 8.50. The van der Waals surface area contributed by atoms with Crippen molar-refractivity contribution >= 4 is 21.8 Å². The summed E-state index contributed by atoms with van der Waals surface area (Å²) in [6.07, 6.45) is 0. The Balaban J connectivity index is 1.36. The van der Waals surface area contributed by atoms with Gasteiger partial charge in [-0.25, -0.2) is 0 Å². The molecule has 5 aromatic carbocycles. The lowest BCUT2D eigenvalue weighted by molar-refractivity contribution is -0.939. The first kappa shape index (κ1) is 23.2. The number of benzene rings is 5. The van der Waals surface area contributed by atoms with Gasteiger partial charge in [-0.3, -0.25) is 0 Å². The van der Waals surface area contributed by atoms with Crippen molar-refractivity contribution in [3.8, 4) is 62.6 Å². The van der Waals surface area contributed by atoms with Crippen molar-refractivity contribution < 1.29 is 18.6 Å². The fraction of sp³-hybridized carbons (Fsp3) is 0.0244. The number of fused-ring (bicyclic) bond motifs is 5. The maximum Gasteiger partial charge on any atom is 0.381 e. The lowest BCUT2D eigenvalue weighted by Crippen LogP contribution is -2.75. The van der Waals surface area contributed by atoms with Crippen LogP contribution in [0, 0.1) is 0 Å². The van der Waals surface area contributed by atoms with Gasteiger partial charge in [-0.15, -0.1) is 9.13 Å². The minimum atomic E-state index is -0.735. The Morgan fingerprint density at radius 2 is 1.13 bits per heavy atom. The molecule has 0 radical (unpaired) electrons. The van der Waals surface area contributed by atoms with Crippen LogP contribution in [-0.2, 0) is 5.66 Å². The number of ether oxygens (including phenoxy) is 2. The van der Waals surface area contributed by atoms with Gasteiger partial charge in [-0.1, -0.05) is 78.9 Å². The van der Waals surface area contributed by atoms with Gasteiger partial charge in [0, 0.05) is 29.0 Å². The normalized spacial score (nSPS) is 16.7. The molecular formula is C41H23N3O2+2. The molecule has 8 aromatic rings. The van der Waals surface area contributed by atoms with Crippen molar-refractivity contribution in [2.24, 2.45) is 0 Å². The zero-order valence-electron chi connectivity index (χ0n) is 24.4. The van der Waals surface area contributed by atoms with Crippen LogP contribution in [0.25, 0.3) is 61.3 Å². The molecule has 3 aromatic heterocycles. The van der Waals surface area contributed by atoms with E-state index in [0.717, 1.165) is 62.6 Å². The number of nitrogens with zero attached hydrogens (tertiary/aromatic N) is 3. The molecule has 46 heavy (non-hydrogen) atoms. The molecule has 5 heteroatoms. The molecule has 4 aliphatic heterocycles. The molecular weight excluding hydrogens is 566 g/mol. The van der Waals surface area contributed by atoms with Crippen LogP contribution in [0.4, 0.5) is 0 Å². The zero-order valence-corrected chi connectivity index (χ0v) is 24.4. The molecule has 5 nitrogen and oxygen atoms in total. The highest BCUT2D eigenvalue weighted by Gasteiger charge is 2.72. The average molecular weight is 590 g/mol. The van der Waals surface area contributed by atoms with Gasteiger partial charge < -0.3 is 9.47 Å². The summed E-state index contributed by atoms with van der Waals surface area (Å²) in [5.74, 6) is 4.44. The van der Waals surface area contributed by atoms with E-state index >= 15 is 0 Å². The Bertz CT molecular complexity index is 2690. The summed E-state index contributed by atoms with van der Waals surface area (Å²) < 4.78 is 21.1. The Labute approximate surface area is 263 Å². The van der Waals surface area contributed by atoms with Crippen molar-refractivity contribution in [1.29, 1.82) is 0 Å². The van der Waals surface area contributed by atoms with E-state index in [9.17, 15) is 0 Å². The minimum absolute atomic E-state index is 0.735. The standard InChI is InChI=1S/C41H23N3O2/c1-3-10-24(11-4-1)26-20-31-32-21-27(25-12-5-2-6-13-25)23-37-44(32)41-38-33(16-9-17-34(38)46-37)45-35-19-18-29-28-14-7-8-15-30(28)42(40(29)39(35)41)36(22-26)43(31)41/h1-23H/q+2. The third-order valence-corrected chi connectivity index (χ3v) is 10.4. The maximum absolute atomic E-state index is 6.88. The molecule has 12 rings (SSSR count). The molecule has 7 heterocycles. The second-order valence-electron chi connectivity index (χ2n) is 12.6. The molecule has 0 amide bonds. The summed E-state index contributed by atoms with van der Waals surface area (Å²) in [4.78, 5) is 0. The van der Waals surface area contributed by atoms with Crippen LogP contribution in [0.1, 0.15) is 11.1 Å². The van der Waals surface area contributed by atoms with Gasteiger partial charge in [0.05, 0.1) is 6.07 Å². The minimum Gasteiger partial charge on any atom is -0.455 e. The van der Waals surface area contributed by atoms with Crippen LogP contribution in [0.15, 0.2) is 140 Å². The number of hydrogen-bond acceptors (Lipinski definition) is 2. The highest BCUT2D eigenvalue weighted by atomic mass is 16.5. The smallest absolute Gasteiger partial charge is 0.381 e. The van der Waals surface area contributed by atoms with Gasteiger partial charge in [0.25, 0.3) is 11.5 Å². The topological polar surface area (TPSA) is 31.2 Å². The first-order chi connectivity index (χ1) is 22.8. The van der Waals surface area contributed by atoms with Crippen LogP contribution in [0.3, 0.4) is 0 Å². The van der Waals surface area contributed by atoms with Gasteiger partial charge in [0.1, 0.15) is 17.0 Å². The Kier molecular flexibility index (Phi) is 3.89. The van der Waals surface area contributed by atoms with E-state index in [2.05, 4.69) is 147 Å². The first-order valence-electron chi connectivity index (χ1n) is 15.7. The van der Waals surface area contributed by atoms with Crippen LogP contribution < -0.4 is 18.6 Å². The largest absolute Gasteiger partial charge is 0.455 e. The van der Waals surface area contributed by atoms with E-state index < -0.39 is 5.66 Å². The van der Waals surface area contributed by atoms with Crippen molar-refractivity contribution in [3.63, 3.8) is 0 Å². The van der Waals surface area contributed by atoms with Gasteiger partial charge >= 0.3 is 11.5 Å². The van der Waals surface area contributed by atoms with Crippen molar-refractivity contribution in [2.45, 2.75) is 5.66 Å². The molecule has 0 fully saturated rings.